The van der Waals surface area contributed by atoms with Gasteiger partial charge in [-0.2, -0.15) is 5.10 Å². The Morgan fingerprint density at radius 3 is 2.55 bits per heavy atom. The summed E-state index contributed by atoms with van der Waals surface area (Å²) < 4.78 is 1.78. The second kappa shape index (κ2) is 7.11. The molecule has 4 rings (SSSR count). The van der Waals surface area contributed by atoms with Crippen molar-refractivity contribution in [1.82, 2.24) is 25.3 Å². The summed E-state index contributed by atoms with van der Waals surface area (Å²) in [5.74, 6) is 0.197. The van der Waals surface area contributed by atoms with Gasteiger partial charge in [0, 0.05) is 42.1 Å². The Bertz CT molecular complexity index is 979. The smallest absolute Gasteiger partial charge is 0.208 e. The van der Waals surface area contributed by atoms with Gasteiger partial charge in [0.2, 0.25) is 5.13 Å². The predicted octanol–water partition coefficient (Wildman–Crippen LogP) is 3.84. The van der Waals surface area contributed by atoms with E-state index in [0.717, 1.165) is 34.2 Å². The average molecular weight is 413 g/mol. The SMILES string of the molecule is CN(c1nnc(-c2cc(O)ccc2-n2cccn2)s1)C1CC(C)(C)NC(C)(C)C1. The molecule has 2 aromatic heterocycles. The van der Waals surface area contributed by atoms with E-state index in [4.69, 9.17) is 0 Å². The Morgan fingerprint density at radius 1 is 1.17 bits per heavy atom. The Balaban J connectivity index is 1.65. The maximum atomic E-state index is 10.0. The third-order valence-electron chi connectivity index (χ3n) is 5.39. The van der Waals surface area contributed by atoms with Gasteiger partial charge in [0.05, 0.1) is 5.69 Å². The molecule has 0 unspecified atom stereocenters. The molecule has 29 heavy (non-hydrogen) atoms. The zero-order valence-electron chi connectivity index (χ0n) is 17.5. The van der Waals surface area contributed by atoms with Crippen LogP contribution in [0.1, 0.15) is 40.5 Å². The van der Waals surface area contributed by atoms with E-state index in [2.05, 4.69) is 60.3 Å². The van der Waals surface area contributed by atoms with Crippen LogP contribution in [0.5, 0.6) is 5.75 Å². The molecule has 8 heteroatoms. The molecule has 2 N–H and O–H groups in total. The Hall–Kier alpha value is -2.45. The first-order chi connectivity index (χ1) is 13.6. The number of hydrogen-bond donors (Lipinski definition) is 2. The number of anilines is 1. The molecule has 1 aliphatic heterocycles. The van der Waals surface area contributed by atoms with E-state index < -0.39 is 0 Å². The van der Waals surface area contributed by atoms with Crippen LogP contribution in [0.4, 0.5) is 5.13 Å². The molecule has 1 fully saturated rings. The molecule has 0 amide bonds. The number of nitrogens with one attached hydrogen (secondary N) is 1. The lowest BCUT2D eigenvalue weighted by Gasteiger charge is -2.48. The largest absolute Gasteiger partial charge is 0.508 e. The molecule has 0 radical (unpaired) electrons. The van der Waals surface area contributed by atoms with Crippen LogP contribution in [-0.2, 0) is 0 Å². The number of phenolic OH excluding ortho intramolecular Hbond substituents is 1. The number of aromatic nitrogens is 4. The maximum absolute atomic E-state index is 10.0. The van der Waals surface area contributed by atoms with Crippen molar-refractivity contribution in [2.24, 2.45) is 0 Å². The molecule has 7 nitrogen and oxygen atoms in total. The molecular formula is C21H28N6OS. The summed E-state index contributed by atoms with van der Waals surface area (Å²) in [6, 6.07) is 7.47. The Kier molecular flexibility index (Phi) is 4.86. The minimum atomic E-state index is 0.0622. The first-order valence-corrected chi connectivity index (χ1v) is 10.6. The van der Waals surface area contributed by atoms with Crippen molar-refractivity contribution < 1.29 is 5.11 Å². The quantitative estimate of drug-likeness (QED) is 0.678. The van der Waals surface area contributed by atoms with E-state index in [9.17, 15) is 5.11 Å². The second-order valence-electron chi connectivity index (χ2n) is 9.11. The van der Waals surface area contributed by atoms with Gasteiger partial charge in [-0.05, 0) is 64.8 Å². The number of rotatable bonds is 4. The van der Waals surface area contributed by atoms with Crippen molar-refractivity contribution in [2.45, 2.75) is 57.7 Å². The molecule has 0 spiro atoms. The summed E-state index contributed by atoms with van der Waals surface area (Å²) in [4.78, 5) is 2.25. The fourth-order valence-electron chi connectivity index (χ4n) is 4.47. The number of nitrogens with zero attached hydrogens (tertiary/aromatic N) is 5. The summed E-state index contributed by atoms with van der Waals surface area (Å²) in [6.45, 7) is 9.01. The molecule has 3 heterocycles. The topological polar surface area (TPSA) is 79.1 Å². The van der Waals surface area contributed by atoms with Gasteiger partial charge >= 0.3 is 0 Å². The number of piperidine rings is 1. The van der Waals surface area contributed by atoms with Gasteiger partial charge in [-0.15, -0.1) is 10.2 Å². The van der Waals surface area contributed by atoms with E-state index in [1.165, 1.54) is 11.3 Å². The van der Waals surface area contributed by atoms with Crippen LogP contribution in [0.25, 0.3) is 16.3 Å². The standard InChI is InChI=1S/C21H28N6OS/c1-20(2)12-14(13-21(3,4)25-20)26(5)19-24-23-18(29-19)16-11-15(28)7-8-17(16)27-10-6-9-22-27/h6-11,14,25,28H,12-13H2,1-5H3. The van der Waals surface area contributed by atoms with Gasteiger partial charge in [0.25, 0.3) is 0 Å². The lowest BCUT2D eigenvalue weighted by Crippen LogP contribution is -2.61. The van der Waals surface area contributed by atoms with Crippen molar-refractivity contribution in [3.05, 3.63) is 36.7 Å². The van der Waals surface area contributed by atoms with Crippen molar-refractivity contribution in [3.63, 3.8) is 0 Å². The van der Waals surface area contributed by atoms with Gasteiger partial charge in [-0.25, -0.2) is 4.68 Å². The highest BCUT2D eigenvalue weighted by molar-refractivity contribution is 7.18. The third-order valence-corrected chi connectivity index (χ3v) is 6.44. The van der Waals surface area contributed by atoms with Crippen LogP contribution >= 0.6 is 11.3 Å². The van der Waals surface area contributed by atoms with Crippen molar-refractivity contribution >= 4 is 16.5 Å². The van der Waals surface area contributed by atoms with Gasteiger partial charge in [-0.1, -0.05) is 11.3 Å². The van der Waals surface area contributed by atoms with E-state index >= 15 is 0 Å². The number of benzene rings is 1. The average Bonchev–Trinajstić information content (AvgIpc) is 3.30. The summed E-state index contributed by atoms with van der Waals surface area (Å²) in [6.07, 6.45) is 5.68. The van der Waals surface area contributed by atoms with Crippen LogP contribution in [-0.4, -0.2) is 49.3 Å². The highest BCUT2D eigenvalue weighted by Crippen LogP contribution is 2.37. The van der Waals surface area contributed by atoms with Crippen LogP contribution in [0.2, 0.25) is 0 Å². The third kappa shape index (κ3) is 4.13. The monoisotopic (exact) mass is 412 g/mol. The van der Waals surface area contributed by atoms with Crippen LogP contribution < -0.4 is 10.2 Å². The molecule has 154 valence electrons. The molecule has 0 aliphatic carbocycles. The molecule has 0 saturated carbocycles. The lowest BCUT2D eigenvalue weighted by molar-refractivity contribution is 0.161. The molecule has 1 saturated heterocycles. The predicted molar refractivity (Wildman–Crippen MR) is 117 cm³/mol. The van der Waals surface area contributed by atoms with Gasteiger partial charge in [0.1, 0.15) is 5.75 Å². The molecule has 0 bridgehead atoms. The lowest BCUT2D eigenvalue weighted by atomic mass is 9.79. The van der Waals surface area contributed by atoms with E-state index in [-0.39, 0.29) is 16.8 Å². The number of phenols is 1. The van der Waals surface area contributed by atoms with Crippen LogP contribution in [0.15, 0.2) is 36.7 Å². The fourth-order valence-corrected chi connectivity index (χ4v) is 5.37. The minimum absolute atomic E-state index is 0.0622. The normalized spacial score (nSPS) is 18.7. The summed E-state index contributed by atoms with van der Waals surface area (Å²) in [5.41, 5.74) is 1.80. The zero-order chi connectivity index (χ0) is 20.8. The van der Waals surface area contributed by atoms with Crippen LogP contribution in [0, 0.1) is 0 Å². The molecule has 1 aliphatic rings. The summed E-state index contributed by atoms with van der Waals surface area (Å²) in [5, 5.41) is 28.7. The first kappa shape index (κ1) is 19.8. The highest BCUT2D eigenvalue weighted by Gasteiger charge is 2.39. The zero-order valence-corrected chi connectivity index (χ0v) is 18.4. The van der Waals surface area contributed by atoms with Crippen molar-refractivity contribution in [1.29, 1.82) is 0 Å². The Morgan fingerprint density at radius 2 is 1.90 bits per heavy atom. The van der Waals surface area contributed by atoms with Gasteiger partial charge < -0.3 is 15.3 Å². The van der Waals surface area contributed by atoms with E-state index in [0.29, 0.717) is 6.04 Å². The second-order valence-corrected chi connectivity index (χ2v) is 10.1. The van der Waals surface area contributed by atoms with E-state index in [1.54, 1.807) is 23.0 Å². The molecule has 3 aromatic rings. The van der Waals surface area contributed by atoms with E-state index in [1.807, 2.05) is 18.3 Å². The molecule has 1 aromatic carbocycles. The Labute approximate surface area is 175 Å². The minimum Gasteiger partial charge on any atom is -0.508 e. The summed E-state index contributed by atoms with van der Waals surface area (Å²) in [7, 11) is 2.10. The number of aromatic hydroxyl groups is 1. The highest BCUT2D eigenvalue weighted by atomic mass is 32.1. The van der Waals surface area contributed by atoms with Crippen LogP contribution in [0.3, 0.4) is 0 Å². The van der Waals surface area contributed by atoms with Crippen molar-refractivity contribution in [3.8, 4) is 22.0 Å². The van der Waals surface area contributed by atoms with Gasteiger partial charge in [0.15, 0.2) is 5.01 Å². The molecule has 0 atom stereocenters. The molecular weight excluding hydrogens is 384 g/mol. The van der Waals surface area contributed by atoms with Crippen molar-refractivity contribution in [2.75, 3.05) is 11.9 Å². The fraction of sp³-hybridized carbons (Fsp3) is 0.476. The number of hydrogen-bond acceptors (Lipinski definition) is 7. The first-order valence-electron chi connectivity index (χ1n) is 9.83. The van der Waals surface area contributed by atoms with Gasteiger partial charge in [-0.3, -0.25) is 0 Å². The summed E-state index contributed by atoms with van der Waals surface area (Å²) >= 11 is 1.54. The maximum Gasteiger partial charge on any atom is 0.208 e.